The van der Waals surface area contributed by atoms with Gasteiger partial charge in [0, 0.05) is 38.4 Å². The van der Waals surface area contributed by atoms with Crippen molar-refractivity contribution in [3.63, 3.8) is 0 Å². The highest BCUT2D eigenvalue weighted by atomic mass is 19.1. The summed E-state index contributed by atoms with van der Waals surface area (Å²) >= 11 is 0. The average Bonchev–Trinajstić information content (AvgIpc) is 3.70. The SMILES string of the molecule is COc1c(N2CCN(C)CC2)c(F)cc2c(=O)c(C(=O)N/N=C\c3cccc(C)c3)cn(C3CC3)c12. The first-order chi connectivity index (χ1) is 17.4. The molecule has 188 valence electrons. The van der Waals surface area contributed by atoms with Gasteiger partial charge in [-0.3, -0.25) is 9.59 Å². The summed E-state index contributed by atoms with van der Waals surface area (Å²) < 4.78 is 23.2. The number of aromatic nitrogens is 1. The lowest BCUT2D eigenvalue weighted by molar-refractivity contribution is 0.0953. The fourth-order valence-electron chi connectivity index (χ4n) is 4.74. The van der Waals surface area contributed by atoms with Crippen molar-refractivity contribution in [2.75, 3.05) is 45.2 Å². The summed E-state index contributed by atoms with van der Waals surface area (Å²) in [7, 11) is 3.53. The summed E-state index contributed by atoms with van der Waals surface area (Å²) in [6, 6.07) is 9.03. The molecule has 2 aliphatic rings. The highest BCUT2D eigenvalue weighted by molar-refractivity contribution is 6.00. The third-order valence-electron chi connectivity index (χ3n) is 6.83. The van der Waals surface area contributed by atoms with Crippen LogP contribution in [0.3, 0.4) is 0 Å². The molecule has 0 unspecified atom stereocenters. The molecule has 0 spiro atoms. The van der Waals surface area contributed by atoms with E-state index in [4.69, 9.17) is 4.74 Å². The summed E-state index contributed by atoms with van der Waals surface area (Å²) in [4.78, 5) is 30.6. The Bertz CT molecular complexity index is 1400. The van der Waals surface area contributed by atoms with Gasteiger partial charge in [-0.1, -0.05) is 29.8 Å². The molecule has 0 radical (unpaired) electrons. The van der Waals surface area contributed by atoms with E-state index >= 15 is 4.39 Å². The summed E-state index contributed by atoms with van der Waals surface area (Å²) in [6.07, 6.45) is 4.91. The molecule has 1 aliphatic heterocycles. The quantitative estimate of drug-likeness (QED) is 0.423. The minimum Gasteiger partial charge on any atom is -0.492 e. The lowest BCUT2D eigenvalue weighted by atomic mass is 10.1. The first kappa shape index (κ1) is 24.0. The van der Waals surface area contributed by atoms with Gasteiger partial charge in [-0.2, -0.15) is 5.10 Å². The van der Waals surface area contributed by atoms with Crippen LogP contribution in [-0.2, 0) is 0 Å². The second kappa shape index (κ2) is 9.73. The zero-order valence-corrected chi connectivity index (χ0v) is 20.8. The number of likely N-dealkylation sites (N-methyl/N-ethyl adjacent to an activating group) is 1. The number of rotatable bonds is 6. The number of piperazine rings is 1. The van der Waals surface area contributed by atoms with Gasteiger partial charge in [0.05, 0.1) is 24.2 Å². The first-order valence-electron chi connectivity index (χ1n) is 12.2. The molecule has 2 heterocycles. The van der Waals surface area contributed by atoms with Crippen LogP contribution in [0, 0.1) is 12.7 Å². The molecule has 1 N–H and O–H groups in total. The van der Waals surface area contributed by atoms with Crippen molar-refractivity contribution < 1.29 is 13.9 Å². The Morgan fingerprint density at radius 2 is 1.94 bits per heavy atom. The van der Waals surface area contributed by atoms with Crippen LogP contribution in [0.4, 0.5) is 10.1 Å². The monoisotopic (exact) mass is 491 g/mol. The second-order valence-electron chi connectivity index (χ2n) is 9.55. The van der Waals surface area contributed by atoms with Gasteiger partial charge in [0.15, 0.2) is 11.6 Å². The third kappa shape index (κ3) is 4.58. The van der Waals surface area contributed by atoms with E-state index in [2.05, 4.69) is 15.4 Å². The number of carbonyl (C=O) groups excluding carboxylic acids is 1. The lowest BCUT2D eigenvalue weighted by Crippen LogP contribution is -2.45. The molecule has 3 aromatic rings. The Labute approximate surface area is 209 Å². The maximum Gasteiger partial charge on any atom is 0.276 e. The highest BCUT2D eigenvalue weighted by Crippen LogP contribution is 2.43. The summed E-state index contributed by atoms with van der Waals surface area (Å²) in [5, 5.41) is 4.15. The van der Waals surface area contributed by atoms with Crippen molar-refractivity contribution in [1.29, 1.82) is 0 Å². The maximum atomic E-state index is 15.5. The van der Waals surface area contributed by atoms with E-state index in [1.54, 1.807) is 6.20 Å². The number of hydrogen-bond donors (Lipinski definition) is 1. The number of methoxy groups -OCH3 is 1. The smallest absolute Gasteiger partial charge is 0.276 e. The van der Waals surface area contributed by atoms with E-state index in [0.29, 0.717) is 30.0 Å². The van der Waals surface area contributed by atoms with Crippen molar-refractivity contribution in [2.24, 2.45) is 5.10 Å². The Morgan fingerprint density at radius 3 is 2.61 bits per heavy atom. The number of aryl methyl sites for hydroxylation is 1. The average molecular weight is 492 g/mol. The molecule has 2 aromatic carbocycles. The van der Waals surface area contributed by atoms with Gasteiger partial charge < -0.3 is 19.1 Å². The Morgan fingerprint density at radius 1 is 1.19 bits per heavy atom. The fourth-order valence-corrected chi connectivity index (χ4v) is 4.74. The number of nitrogens with zero attached hydrogens (tertiary/aromatic N) is 4. The number of ether oxygens (including phenoxy) is 1. The number of anilines is 1. The van der Waals surface area contributed by atoms with Crippen LogP contribution in [0.25, 0.3) is 10.9 Å². The molecule has 2 fully saturated rings. The molecule has 1 amide bonds. The predicted octanol–water partition coefficient (Wildman–Crippen LogP) is 3.31. The number of benzene rings is 2. The van der Waals surface area contributed by atoms with Crippen molar-refractivity contribution in [2.45, 2.75) is 25.8 Å². The number of hydrazone groups is 1. The minimum atomic E-state index is -0.636. The van der Waals surface area contributed by atoms with Gasteiger partial charge in [0.1, 0.15) is 11.3 Å². The molecule has 5 rings (SSSR count). The molecule has 1 aliphatic carbocycles. The Kier molecular flexibility index (Phi) is 6.49. The molecule has 9 heteroatoms. The van der Waals surface area contributed by atoms with Crippen LogP contribution in [0.5, 0.6) is 5.75 Å². The van der Waals surface area contributed by atoms with Gasteiger partial charge in [-0.05, 0) is 38.4 Å². The van der Waals surface area contributed by atoms with Crippen molar-refractivity contribution >= 4 is 28.7 Å². The van der Waals surface area contributed by atoms with E-state index in [-0.39, 0.29) is 17.0 Å². The van der Waals surface area contributed by atoms with Crippen LogP contribution < -0.4 is 20.5 Å². The number of fused-ring (bicyclic) bond motifs is 1. The zero-order valence-electron chi connectivity index (χ0n) is 20.8. The van der Waals surface area contributed by atoms with Gasteiger partial charge in [-0.15, -0.1) is 0 Å². The zero-order chi connectivity index (χ0) is 25.4. The van der Waals surface area contributed by atoms with E-state index in [9.17, 15) is 9.59 Å². The fraction of sp³-hybridized carbons (Fsp3) is 0.370. The third-order valence-corrected chi connectivity index (χ3v) is 6.83. The van der Waals surface area contributed by atoms with Crippen LogP contribution in [0.1, 0.15) is 40.4 Å². The van der Waals surface area contributed by atoms with E-state index in [0.717, 1.165) is 37.1 Å². The number of nitrogens with one attached hydrogen (secondary N) is 1. The topological polar surface area (TPSA) is 79.2 Å². The second-order valence-corrected chi connectivity index (χ2v) is 9.55. The number of carbonyl (C=O) groups is 1. The normalized spacial score (nSPS) is 16.6. The predicted molar refractivity (Wildman–Crippen MR) is 139 cm³/mol. The minimum absolute atomic E-state index is 0.0791. The standard InChI is InChI=1S/C27H30FN5O3/c1-17-5-4-6-18(13-17)15-29-30-27(35)21-16-33(19-7-8-19)23-20(25(21)34)14-22(28)24(26(23)36-3)32-11-9-31(2)10-12-32/h4-6,13-16,19H,7-12H2,1-3H3,(H,30,35)/b29-15-. The van der Waals surface area contributed by atoms with E-state index < -0.39 is 17.2 Å². The molecule has 1 saturated carbocycles. The number of amides is 1. The maximum absolute atomic E-state index is 15.5. The molecular formula is C27H30FN5O3. The van der Waals surface area contributed by atoms with E-state index in [1.807, 2.05) is 47.7 Å². The molecule has 36 heavy (non-hydrogen) atoms. The molecule has 1 aromatic heterocycles. The molecular weight excluding hydrogens is 461 g/mol. The number of hydrogen-bond acceptors (Lipinski definition) is 6. The first-order valence-corrected chi connectivity index (χ1v) is 12.2. The van der Waals surface area contributed by atoms with Crippen LogP contribution in [0.2, 0.25) is 0 Å². The van der Waals surface area contributed by atoms with Crippen LogP contribution in [0.15, 0.2) is 46.4 Å². The lowest BCUT2D eigenvalue weighted by Gasteiger charge is -2.35. The summed E-state index contributed by atoms with van der Waals surface area (Å²) in [5.41, 5.74) is 4.61. The largest absolute Gasteiger partial charge is 0.492 e. The summed E-state index contributed by atoms with van der Waals surface area (Å²) in [6.45, 7) is 4.88. The van der Waals surface area contributed by atoms with Crippen LogP contribution >= 0.6 is 0 Å². The van der Waals surface area contributed by atoms with Crippen LogP contribution in [-0.4, -0.2) is 61.9 Å². The van der Waals surface area contributed by atoms with Gasteiger partial charge in [0.25, 0.3) is 5.91 Å². The molecule has 1 saturated heterocycles. The molecule has 8 nitrogen and oxygen atoms in total. The number of pyridine rings is 1. The Hall–Kier alpha value is -3.72. The Balaban J connectivity index is 1.56. The van der Waals surface area contributed by atoms with Crippen molar-refractivity contribution in [3.05, 3.63) is 69.3 Å². The van der Waals surface area contributed by atoms with Gasteiger partial charge in [-0.25, -0.2) is 9.82 Å². The summed E-state index contributed by atoms with van der Waals surface area (Å²) in [5.74, 6) is -0.830. The van der Waals surface area contributed by atoms with Gasteiger partial charge in [0.2, 0.25) is 5.43 Å². The molecule has 0 atom stereocenters. The van der Waals surface area contributed by atoms with Gasteiger partial charge >= 0.3 is 0 Å². The highest BCUT2D eigenvalue weighted by Gasteiger charge is 2.31. The molecule has 0 bridgehead atoms. The van der Waals surface area contributed by atoms with Crippen molar-refractivity contribution in [1.82, 2.24) is 14.9 Å². The van der Waals surface area contributed by atoms with E-state index in [1.165, 1.54) is 19.4 Å². The van der Waals surface area contributed by atoms with Crippen molar-refractivity contribution in [3.8, 4) is 5.75 Å². The number of halogens is 1.